The van der Waals surface area contributed by atoms with Gasteiger partial charge in [0, 0.05) is 12.2 Å². The third-order valence-electron chi connectivity index (χ3n) is 1.36. The lowest BCUT2D eigenvalue weighted by Gasteiger charge is -1.94. The van der Waals surface area contributed by atoms with E-state index in [9.17, 15) is 9.59 Å². The SMILES string of the molecule is O=C=Cc1c[c]ccc1C=C=O. The highest BCUT2D eigenvalue weighted by Crippen LogP contribution is 2.09. The van der Waals surface area contributed by atoms with Crippen LogP contribution in [0.1, 0.15) is 11.1 Å². The Kier molecular flexibility index (Phi) is 2.80. The molecular weight excluding hydrogens is 152 g/mol. The van der Waals surface area contributed by atoms with Crippen LogP contribution in [0.15, 0.2) is 18.2 Å². The van der Waals surface area contributed by atoms with Gasteiger partial charge in [-0.3, -0.25) is 0 Å². The van der Waals surface area contributed by atoms with Crippen molar-refractivity contribution in [2.75, 3.05) is 0 Å². The van der Waals surface area contributed by atoms with Crippen LogP contribution in [0.25, 0.3) is 12.2 Å². The summed E-state index contributed by atoms with van der Waals surface area (Å²) in [5.41, 5.74) is 1.27. The van der Waals surface area contributed by atoms with Gasteiger partial charge in [0.2, 0.25) is 0 Å². The predicted molar refractivity (Wildman–Crippen MR) is 45.6 cm³/mol. The molecule has 1 rings (SSSR count). The minimum atomic E-state index is 0.621. The Bertz CT molecular complexity index is 330. The zero-order valence-corrected chi connectivity index (χ0v) is 6.20. The lowest BCUT2D eigenvalue weighted by molar-refractivity contribution is 0.569. The van der Waals surface area contributed by atoms with E-state index < -0.39 is 0 Å². The van der Waals surface area contributed by atoms with Crippen molar-refractivity contribution in [2.45, 2.75) is 0 Å². The van der Waals surface area contributed by atoms with Crippen molar-refractivity contribution in [3.63, 3.8) is 0 Å². The molecule has 0 bridgehead atoms. The van der Waals surface area contributed by atoms with E-state index in [1.165, 1.54) is 12.2 Å². The first-order valence-corrected chi connectivity index (χ1v) is 3.30. The molecule has 0 amide bonds. The summed E-state index contributed by atoms with van der Waals surface area (Å²) in [6.45, 7) is 0. The van der Waals surface area contributed by atoms with Crippen molar-refractivity contribution in [1.82, 2.24) is 0 Å². The van der Waals surface area contributed by atoms with Crippen molar-refractivity contribution < 1.29 is 9.59 Å². The van der Waals surface area contributed by atoms with Gasteiger partial charge in [-0.2, -0.15) is 0 Å². The van der Waals surface area contributed by atoms with Gasteiger partial charge in [-0.1, -0.05) is 12.1 Å². The van der Waals surface area contributed by atoms with Crippen LogP contribution in [-0.4, -0.2) is 11.9 Å². The first-order chi connectivity index (χ1) is 5.88. The van der Waals surface area contributed by atoms with Crippen molar-refractivity contribution in [3.05, 3.63) is 35.4 Å². The van der Waals surface area contributed by atoms with Gasteiger partial charge in [-0.25, -0.2) is 9.59 Å². The summed E-state index contributed by atoms with van der Waals surface area (Å²) in [6, 6.07) is 7.72. The van der Waals surface area contributed by atoms with Crippen molar-refractivity contribution >= 4 is 24.0 Å². The van der Waals surface area contributed by atoms with E-state index in [-0.39, 0.29) is 0 Å². The normalized spacial score (nSPS) is 8.00. The number of hydrogen-bond donors (Lipinski definition) is 0. The van der Waals surface area contributed by atoms with E-state index in [2.05, 4.69) is 6.07 Å². The highest BCUT2D eigenvalue weighted by atomic mass is 16.1. The molecule has 12 heavy (non-hydrogen) atoms. The topological polar surface area (TPSA) is 34.1 Å². The van der Waals surface area contributed by atoms with Gasteiger partial charge in [0.1, 0.15) is 11.9 Å². The van der Waals surface area contributed by atoms with Crippen molar-refractivity contribution in [2.24, 2.45) is 0 Å². The summed E-state index contributed by atoms with van der Waals surface area (Å²) >= 11 is 0. The van der Waals surface area contributed by atoms with Gasteiger partial charge in [0.15, 0.2) is 0 Å². The molecule has 0 spiro atoms. The lowest BCUT2D eigenvalue weighted by atomic mass is 10.1. The summed E-state index contributed by atoms with van der Waals surface area (Å²) in [7, 11) is 0. The molecule has 0 aliphatic carbocycles. The number of hydrogen-bond acceptors (Lipinski definition) is 2. The molecule has 57 valence electrons. The summed E-state index contributed by atoms with van der Waals surface area (Å²) in [5, 5.41) is 0. The summed E-state index contributed by atoms with van der Waals surface area (Å²) in [5.74, 6) is 3.28. The average molecular weight is 157 g/mol. The minimum absolute atomic E-state index is 0.621. The zero-order valence-electron chi connectivity index (χ0n) is 6.20. The number of benzene rings is 1. The molecule has 0 unspecified atom stereocenters. The summed E-state index contributed by atoms with van der Waals surface area (Å²) < 4.78 is 0. The molecule has 1 aromatic carbocycles. The smallest absolute Gasteiger partial charge is 0.125 e. The second kappa shape index (κ2) is 4.09. The molecular formula is C10H5O2. The molecule has 0 atom stereocenters. The van der Waals surface area contributed by atoms with E-state index in [1.807, 2.05) is 0 Å². The third-order valence-corrected chi connectivity index (χ3v) is 1.36. The molecule has 0 aromatic heterocycles. The van der Waals surface area contributed by atoms with Crippen LogP contribution < -0.4 is 0 Å². The van der Waals surface area contributed by atoms with Crippen molar-refractivity contribution in [1.29, 1.82) is 0 Å². The maximum atomic E-state index is 10.0. The first-order valence-electron chi connectivity index (χ1n) is 3.30. The quantitative estimate of drug-likeness (QED) is 0.604. The summed E-state index contributed by atoms with van der Waals surface area (Å²) in [4.78, 5) is 20.1. The molecule has 0 heterocycles. The molecule has 0 N–H and O–H groups in total. The first kappa shape index (κ1) is 8.22. The van der Waals surface area contributed by atoms with Gasteiger partial charge in [-0.05, 0) is 23.3 Å². The van der Waals surface area contributed by atoms with Gasteiger partial charge in [0.05, 0.1) is 0 Å². The molecule has 0 saturated heterocycles. The molecule has 2 nitrogen and oxygen atoms in total. The minimum Gasteiger partial charge on any atom is -0.233 e. The number of rotatable bonds is 2. The molecule has 0 aliphatic rings. The van der Waals surface area contributed by atoms with Crippen molar-refractivity contribution in [3.8, 4) is 0 Å². The molecule has 1 aromatic rings. The Balaban J connectivity index is 3.25. The highest BCUT2D eigenvalue weighted by molar-refractivity contribution is 5.84. The molecule has 0 aliphatic heterocycles. The molecule has 1 radical (unpaired) electrons. The fourth-order valence-electron chi connectivity index (χ4n) is 0.839. The second-order valence-electron chi connectivity index (χ2n) is 2.08. The van der Waals surface area contributed by atoms with Gasteiger partial charge >= 0.3 is 0 Å². The van der Waals surface area contributed by atoms with Crippen LogP contribution in [0.3, 0.4) is 0 Å². The maximum absolute atomic E-state index is 10.0. The van der Waals surface area contributed by atoms with Crippen LogP contribution >= 0.6 is 0 Å². The lowest BCUT2D eigenvalue weighted by Crippen LogP contribution is -1.79. The van der Waals surface area contributed by atoms with Gasteiger partial charge in [0.25, 0.3) is 0 Å². The number of carbonyl (C=O) groups excluding carboxylic acids is 2. The van der Waals surface area contributed by atoms with E-state index >= 15 is 0 Å². The average Bonchev–Trinajstić information content (AvgIpc) is 2.09. The molecule has 0 saturated carbocycles. The Morgan fingerprint density at radius 1 is 1.17 bits per heavy atom. The fraction of sp³-hybridized carbons (Fsp3) is 0. The molecule has 2 heteroatoms. The van der Waals surface area contributed by atoms with Crippen LogP contribution in [0.4, 0.5) is 0 Å². The zero-order chi connectivity index (χ0) is 8.81. The second-order valence-corrected chi connectivity index (χ2v) is 2.08. The van der Waals surface area contributed by atoms with Gasteiger partial charge in [-0.15, -0.1) is 0 Å². The third kappa shape index (κ3) is 1.80. The van der Waals surface area contributed by atoms with Crippen LogP contribution in [-0.2, 0) is 9.59 Å². The largest absolute Gasteiger partial charge is 0.233 e. The predicted octanol–water partition coefficient (Wildman–Crippen LogP) is 1.18. The maximum Gasteiger partial charge on any atom is 0.125 e. The van der Waals surface area contributed by atoms with Crippen LogP contribution in [0, 0.1) is 6.07 Å². The van der Waals surface area contributed by atoms with Crippen LogP contribution in [0.2, 0.25) is 0 Å². The van der Waals surface area contributed by atoms with Crippen LogP contribution in [0.5, 0.6) is 0 Å². The Morgan fingerprint density at radius 2 is 1.83 bits per heavy atom. The highest BCUT2D eigenvalue weighted by Gasteiger charge is 1.93. The molecule has 0 fully saturated rings. The summed E-state index contributed by atoms with van der Waals surface area (Å²) in [6.07, 6.45) is 2.51. The Morgan fingerprint density at radius 3 is 2.50 bits per heavy atom. The van der Waals surface area contributed by atoms with E-state index in [0.29, 0.717) is 11.1 Å². The van der Waals surface area contributed by atoms with E-state index in [0.717, 1.165) is 0 Å². The van der Waals surface area contributed by atoms with Gasteiger partial charge < -0.3 is 0 Å². The Hall–Kier alpha value is -1.88. The fourth-order valence-corrected chi connectivity index (χ4v) is 0.839. The monoisotopic (exact) mass is 157 g/mol. The van der Waals surface area contributed by atoms with E-state index in [1.54, 1.807) is 30.1 Å². The Labute approximate surface area is 69.8 Å². The van der Waals surface area contributed by atoms with E-state index in [4.69, 9.17) is 0 Å². The standard InChI is InChI=1S/C10H5O2/c11-7-5-9-3-1-2-4-10(9)6-8-12/h1,3-6H.